The van der Waals surface area contributed by atoms with Crippen LogP contribution in [0.3, 0.4) is 0 Å². The summed E-state index contributed by atoms with van der Waals surface area (Å²) in [4.78, 5) is 26.4. The number of hydrogen-bond donors (Lipinski definition) is 1. The number of likely N-dealkylation sites (N-methyl/N-ethyl adjacent to an activating group) is 1. The second-order valence-electron chi connectivity index (χ2n) is 8.49. The molecule has 8 nitrogen and oxygen atoms in total. The van der Waals surface area contributed by atoms with Gasteiger partial charge in [-0.25, -0.2) is 9.97 Å². The maximum atomic E-state index is 12.6. The van der Waals surface area contributed by atoms with Crippen molar-refractivity contribution in [1.29, 1.82) is 0 Å². The number of ether oxygens (including phenoxy) is 1. The smallest absolute Gasteiger partial charge is 0.193 e. The molecule has 0 atom stereocenters. The van der Waals surface area contributed by atoms with E-state index in [0.29, 0.717) is 22.5 Å². The van der Waals surface area contributed by atoms with E-state index < -0.39 is 0 Å². The predicted octanol–water partition coefficient (Wildman–Crippen LogP) is 4.06. The van der Waals surface area contributed by atoms with E-state index in [4.69, 9.17) is 9.15 Å². The molecule has 0 saturated carbocycles. The van der Waals surface area contributed by atoms with Crippen molar-refractivity contribution in [2.24, 2.45) is 0 Å². The number of aromatic nitrogens is 2. The summed E-state index contributed by atoms with van der Waals surface area (Å²) in [6, 6.07) is 16.5. The van der Waals surface area contributed by atoms with Gasteiger partial charge >= 0.3 is 0 Å². The largest absolute Gasteiger partial charge is 0.497 e. The third-order valence-corrected chi connectivity index (χ3v) is 6.03. The zero-order chi connectivity index (χ0) is 23.7. The minimum absolute atomic E-state index is 0.106. The highest BCUT2D eigenvalue weighted by Gasteiger charge is 2.16. The summed E-state index contributed by atoms with van der Waals surface area (Å²) in [5.74, 6) is 3.56. The van der Waals surface area contributed by atoms with Crippen LogP contribution in [0.5, 0.6) is 5.75 Å². The molecule has 2 aromatic heterocycles. The second kappa shape index (κ2) is 9.15. The summed E-state index contributed by atoms with van der Waals surface area (Å²) in [6.07, 6.45) is 0. The molecule has 2 aromatic carbocycles. The molecular weight excluding hydrogens is 430 g/mol. The van der Waals surface area contributed by atoms with Crippen LogP contribution in [0.25, 0.3) is 22.3 Å². The summed E-state index contributed by atoms with van der Waals surface area (Å²) in [7, 11) is 3.71. The van der Waals surface area contributed by atoms with Gasteiger partial charge < -0.3 is 24.3 Å². The molecule has 0 bridgehead atoms. The second-order valence-corrected chi connectivity index (χ2v) is 8.49. The summed E-state index contributed by atoms with van der Waals surface area (Å²) in [5.41, 5.74) is 2.13. The number of nitrogens with one attached hydrogen (secondary N) is 1. The first-order valence-electron chi connectivity index (χ1n) is 11.3. The van der Waals surface area contributed by atoms with Crippen molar-refractivity contribution in [2.45, 2.75) is 6.92 Å². The van der Waals surface area contributed by atoms with Gasteiger partial charge in [-0.05, 0) is 56.4 Å². The Morgan fingerprint density at radius 1 is 0.971 bits per heavy atom. The van der Waals surface area contributed by atoms with Crippen LogP contribution in [-0.2, 0) is 0 Å². The van der Waals surface area contributed by atoms with Crippen LogP contribution in [0.4, 0.5) is 17.3 Å². The number of aryl methyl sites for hydroxylation is 1. The number of anilines is 3. The molecule has 5 rings (SSSR count). The summed E-state index contributed by atoms with van der Waals surface area (Å²) in [6.45, 7) is 5.85. The Hall–Kier alpha value is -3.91. The normalized spacial score (nSPS) is 14.4. The maximum Gasteiger partial charge on any atom is 0.193 e. The van der Waals surface area contributed by atoms with Gasteiger partial charge in [0.25, 0.3) is 0 Å². The lowest BCUT2D eigenvalue weighted by atomic mass is 10.1. The average Bonchev–Trinajstić information content (AvgIpc) is 2.84. The van der Waals surface area contributed by atoms with E-state index in [-0.39, 0.29) is 5.43 Å². The third kappa shape index (κ3) is 4.58. The molecule has 3 heterocycles. The van der Waals surface area contributed by atoms with Gasteiger partial charge in [0.2, 0.25) is 0 Å². The molecule has 0 radical (unpaired) electrons. The highest BCUT2D eigenvalue weighted by atomic mass is 16.5. The van der Waals surface area contributed by atoms with Crippen molar-refractivity contribution in [1.82, 2.24) is 14.9 Å². The first kappa shape index (κ1) is 21.9. The number of methoxy groups -OCH3 is 1. The van der Waals surface area contributed by atoms with E-state index in [1.54, 1.807) is 25.3 Å². The van der Waals surface area contributed by atoms with Gasteiger partial charge in [-0.15, -0.1) is 0 Å². The molecule has 1 fully saturated rings. The lowest BCUT2D eigenvalue weighted by Crippen LogP contribution is -2.44. The van der Waals surface area contributed by atoms with Crippen LogP contribution in [0.1, 0.15) is 5.82 Å². The molecular formula is C26H27N5O3. The lowest BCUT2D eigenvalue weighted by Gasteiger charge is -2.33. The van der Waals surface area contributed by atoms with Crippen molar-refractivity contribution in [3.05, 3.63) is 70.6 Å². The molecule has 34 heavy (non-hydrogen) atoms. The highest BCUT2D eigenvalue weighted by Crippen LogP contribution is 2.27. The summed E-state index contributed by atoms with van der Waals surface area (Å²) < 4.78 is 11.2. The number of rotatable bonds is 5. The molecule has 0 unspecified atom stereocenters. The van der Waals surface area contributed by atoms with E-state index in [0.717, 1.165) is 54.9 Å². The third-order valence-electron chi connectivity index (χ3n) is 6.03. The van der Waals surface area contributed by atoms with Crippen molar-refractivity contribution in [3.63, 3.8) is 0 Å². The standard InChI is InChI=1S/C26H27N5O3/c1-17-27-25(16-26(28-17)31-12-10-30(2)11-13-31)29-19-6-4-18(5-7-19)24-15-22(32)21-14-20(33-3)8-9-23(21)34-24/h4-9,14-16H,10-13H2,1-3H3,(H,27,28,29). The number of piperazine rings is 1. The molecule has 0 aliphatic carbocycles. The zero-order valence-electron chi connectivity index (χ0n) is 19.5. The van der Waals surface area contributed by atoms with Gasteiger partial charge in [0.15, 0.2) is 5.43 Å². The van der Waals surface area contributed by atoms with Crippen LogP contribution < -0.4 is 20.4 Å². The number of benzene rings is 2. The number of nitrogens with zero attached hydrogens (tertiary/aromatic N) is 4. The minimum Gasteiger partial charge on any atom is -0.497 e. The van der Waals surface area contributed by atoms with E-state index in [1.165, 1.54) is 6.07 Å². The fourth-order valence-corrected chi connectivity index (χ4v) is 4.08. The van der Waals surface area contributed by atoms with E-state index in [9.17, 15) is 4.79 Å². The van der Waals surface area contributed by atoms with E-state index in [2.05, 4.69) is 32.1 Å². The summed E-state index contributed by atoms with van der Waals surface area (Å²) in [5, 5.41) is 3.87. The molecule has 1 N–H and O–H groups in total. The Morgan fingerprint density at radius 2 is 1.74 bits per heavy atom. The van der Waals surface area contributed by atoms with E-state index in [1.807, 2.05) is 37.3 Å². The maximum absolute atomic E-state index is 12.6. The van der Waals surface area contributed by atoms with Gasteiger partial charge in [-0.3, -0.25) is 4.79 Å². The Morgan fingerprint density at radius 3 is 2.47 bits per heavy atom. The molecule has 0 spiro atoms. The molecule has 174 valence electrons. The van der Waals surface area contributed by atoms with Gasteiger partial charge in [0.05, 0.1) is 12.5 Å². The fourth-order valence-electron chi connectivity index (χ4n) is 4.08. The Labute approximate surface area is 197 Å². The SMILES string of the molecule is COc1ccc2oc(-c3ccc(Nc4cc(N5CCN(C)CC5)nc(C)n4)cc3)cc(=O)c2c1. The predicted molar refractivity (Wildman–Crippen MR) is 134 cm³/mol. The first-order valence-corrected chi connectivity index (χ1v) is 11.3. The van der Waals surface area contributed by atoms with Crippen LogP contribution in [0, 0.1) is 6.92 Å². The average molecular weight is 458 g/mol. The zero-order valence-corrected chi connectivity index (χ0v) is 19.5. The molecule has 1 saturated heterocycles. The molecule has 8 heteroatoms. The molecule has 0 amide bonds. The Bertz CT molecular complexity index is 1380. The van der Waals surface area contributed by atoms with Crippen molar-refractivity contribution < 1.29 is 9.15 Å². The van der Waals surface area contributed by atoms with Gasteiger partial charge in [0.1, 0.15) is 34.6 Å². The summed E-state index contributed by atoms with van der Waals surface area (Å²) >= 11 is 0. The van der Waals surface area contributed by atoms with Gasteiger partial charge in [-0.2, -0.15) is 0 Å². The monoisotopic (exact) mass is 457 g/mol. The van der Waals surface area contributed by atoms with Crippen LogP contribution in [0.15, 0.2) is 63.8 Å². The fraction of sp³-hybridized carbons (Fsp3) is 0.269. The van der Waals surface area contributed by atoms with Crippen molar-refractivity contribution in [3.8, 4) is 17.1 Å². The minimum atomic E-state index is -0.106. The van der Waals surface area contributed by atoms with Gasteiger partial charge in [0, 0.05) is 49.6 Å². The van der Waals surface area contributed by atoms with Crippen LogP contribution in [-0.4, -0.2) is 55.2 Å². The van der Waals surface area contributed by atoms with Crippen molar-refractivity contribution >= 4 is 28.3 Å². The molecule has 1 aliphatic heterocycles. The number of hydrogen-bond acceptors (Lipinski definition) is 8. The topological polar surface area (TPSA) is 83.7 Å². The van der Waals surface area contributed by atoms with Crippen LogP contribution >= 0.6 is 0 Å². The van der Waals surface area contributed by atoms with Crippen molar-refractivity contribution in [2.75, 3.05) is 50.6 Å². The number of fused-ring (bicyclic) bond motifs is 1. The quantitative estimate of drug-likeness (QED) is 0.480. The highest BCUT2D eigenvalue weighted by molar-refractivity contribution is 5.80. The molecule has 1 aliphatic rings. The molecule has 4 aromatic rings. The Kier molecular flexibility index (Phi) is 5.90. The van der Waals surface area contributed by atoms with Gasteiger partial charge in [-0.1, -0.05) is 0 Å². The first-order chi connectivity index (χ1) is 16.5. The van der Waals surface area contributed by atoms with E-state index >= 15 is 0 Å². The van der Waals surface area contributed by atoms with Crippen LogP contribution in [0.2, 0.25) is 0 Å². The lowest BCUT2D eigenvalue weighted by molar-refractivity contribution is 0.312. The Balaban J connectivity index is 1.36.